The lowest BCUT2D eigenvalue weighted by atomic mass is 10.1. The molecule has 2 aromatic heterocycles. The van der Waals surface area contributed by atoms with Gasteiger partial charge in [-0.2, -0.15) is 9.97 Å². The maximum absolute atomic E-state index is 9.80. The molecule has 0 amide bonds. The Morgan fingerprint density at radius 3 is 2.44 bits per heavy atom. The van der Waals surface area contributed by atoms with E-state index in [1.165, 1.54) is 0 Å². The molecule has 9 heteroatoms. The zero-order valence-corrected chi connectivity index (χ0v) is 21.1. The van der Waals surface area contributed by atoms with Gasteiger partial charge in [-0.3, -0.25) is 0 Å². The molecule has 36 heavy (non-hydrogen) atoms. The Morgan fingerprint density at radius 1 is 1.00 bits per heavy atom. The highest BCUT2D eigenvalue weighted by molar-refractivity contribution is 5.90. The summed E-state index contributed by atoms with van der Waals surface area (Å²) in [5.74, 6) is 2.30. The number of morpholine rings is 2. The van der Waals surface area contributed by atoms with Gasteiger partial charge in [-0.15, -0.1) is 0 Å². The van der Waals surface area contributed by atoms with E-state index in [4.69, 9.17) is 29.2 Å². The van der Waals surface area contributed by atoms with Gasteiger partial charge in [0.2, 0.25) is 5.95 Å². The highest BCUT2D eigenvalue weighted by atomic mass is 16.5. The number of anilines is 2. The van der Waals surface area contributed by atoms with Gasteiger partial charge in [-0.05, 0) is 57.0 Å². The van der Waals surface area contributed by atoms with Crippen LogP contribution in [0.2, 0.25) is 0 Å². The molecule has 190 valence electrons. The van der Waals surface area contributed by atoms with Crippen LogP contribution >= 0.6 is 0 Å². The smallest absolute Gasteiger partial charge is 0.230 e. The highest BCUT2D eigenvalue weighted by Crippen LogP contribution is 2.36. The summed E-state index contributed by atoms with van der Waals surface area (Å²) in [6, 6.07) is 10.4. The largest absolute Gasteiger partial charge is 0.496 e. The van der Waals surface area contributed by atoms with Gasteiger partial charge < -0.3 is 29.1 Å². The molecule has 4 atom stereocenters. The molecule has 3 aliphatic heterocycles. The van der Waals surface area contributed by atoms with E-state index in [1.54, 1.807) is 7.11 Å². The SMILES string of the molecule is COc1ccc(-c2ccc3c(N4CC(C)OC(C)C4)nc(N4C5CCC4COC5)nc3n2)cc1CO. The van der Waals surface area contributed by atoms with E-state index in [-0.39, 0.29) is 18.8 Å². The average molecular weight is 492 g/mol. The van der Waals surface area contributed by atoms with Crippen molar-refractivity contribution in [1.29, 1.82) is 0 Å². The molecule has 4 unspecified atom stereocenters. The average Bonchev–Trinajstić information content (AvgIpc) is 3.14. The number of hydrogen-bond acceptors (Lipinski definition) is 9. The molecule has 0 spiro atoms. The molecule has 0 aliphatic carbocycles. The van der Waals surface area contributed by atoms with Crippen LogP contribution in [0.15, 0.2) is 30.3 Å². The quantitative estimate of drug-likeness (QED) is 0.578. The molecule has 3 aromatic rings. The van der Waals surface area contributed by atoms with E-state index in [9.17, 15) is 5.11 Å². The van der Waals surface area contributed by atoms with Crippen LogP contribution in [0.4, 0.5) is 11.8 Å². The minimum Gasteiger partial charge on any atom is -0.496 e. The third-order valence-corrected chi connectivity index (χ3v) is 7.46. The molecule has 6 rings (SSSR count). The van der Waals surface area contributed by atoms with Crippen molar-refractivity contribution in [1.82, 2.24) is 15.0 Å². The zero-order chi connectivity index (χ0) is 24.8. The van der Waals surface area contributed by atoms with Gasteiger partial charge in [-0.1, -0.05) is 0 Å². The van der Waals surface area contributed by atoms with E-state index in [0.29, 0.717) is 36.7 Å². The van der Waals surface area contributed by atoms with E-state index < -0.39 is 0 Å². The van der Waals surface area contributed by atoms with Crippen molar-refractivity contribution in [3.63, 3.8) is 0 Å². The fourth-order valence-electron chi connectivity index (χ4n) is 5.87. The fraction of sp³-hybridized carbons (Fsp3) is 0.519. The second-order valence-corrected chi connectivity index (χ2v) is 10.1. The van der Waals surface area contributed by atoms with Crippen LogP contribution in [0.1, 0.15) is 32.3 Å². The second kappa shape index (κ2) is 9.46. The standard InChI is InChI=1S/C27H33N5O4/c1-16-11-31(12-17(2)36-16)26-22-7-8-23(18-4-9-24(34-3)19(10-18)13-33)28-25(22)29-27(30-26)32-20-5-6-21(32)15-35-14-20/h4,7-10,16-17,20-21,33H,5-6,11-15H2,1-3H3. The number of hydrogen-bond donors (Lipinski definition) is 1. The van der Waals surface area contributed by atoms with Crippen molar-refractivity contribution in [2.45, 2.75) is 57.6 Å². The summed E-state index contributed by atoms with van der Waals surface area (Å²) in [6.45, 7) is 7.07. The monoisotopic (exact) mass is 491 g/mol. The van der Waals surface area contributed by atoms with Gasteiger partial charge >= 0.3 is 0 Å². The van der Waals surface area contributed by atoms with Crippen molar-refractivity contribution in [2.75, 3.05) is 43.2 Å². The number of methoxy groups -OCH3 is 1. The van der Waals surface area contributed by atoms with Crippen LogP contribution < -0.4 is 14.5 Å². The van der Waals surface area contributed by atoms with Crippen LogP contribution in [-0.4, -0.2) is 77.8 Å². The number of nitrogens with zero attached hydrogens (tertiary/aromatic N) is 5. The maximum atomic E-state index is 9.80. The summed E-state index contributed by atoms with van der Waals surface area (Å²) < 4.78 is 17.2. The molecule has 1 N–H and O–H groups in total. The summed E-state index contributed by atoms with van der Waals surface area (Å²) in [5, 5.41) is 10.7. The first-order valence-electron chi connectivity index (χ1n) is 12.8. The van der Waals surface area contributed by atoms with Gasteiger partial charge in [0, 0.05) is 24.2 Å². The van der Waals surface area contributed by atoms with Crippen molar-refractivity contribution >= 4 is 22.8 Å². The van der Waals surface area contributed by atoms with Gasteiger partial charge in [0.05, 0.1) is 62.3 Å². The first kappa shape index (κ1) is 23.4. The Hall–Kier alpha value is -3.01. The summed E-state index contributed by atoms with van der Waals surface area (Å²) in [6.07, 6.45) is 2.42. The second-order valence-electron chi connectivity index (χ2n) is 10.1. The Bertz CT molecular complexity index is 1240. The molecule has 3 aliphatic rings. The van der Waals surface area contributed by atoms with Crippen LogP contribution in [0.3, 0.4) is 0 Å². The Morgan fingerprint density at radius 2 is 1.75 bits per heavy atom. The number of aromatic nitrogens is 3. The molecular weight excluding hydrogens is 458 g/mol. The summed E-state index contributed by atoms with van der Waals surface area (Å²) in [7, 11) is 1.61. The van der Waals surface area contributed by atoms with Crippen LogP contribution in [0, 0.1) is 0 Å². The molecule has 2 bridgehead atoms. The normalized spacial score (nSPS) is 26.0. The zero-order valence-electron chi connectivity index (χ0n) is 21.1. The molecule has 3 fully saturated rings. The first-order chi connectivity index (χ1) is 17.5. The summed E-state index contributed by atoms with van der Waals surface area (Å²) >= 11 is 0. The number of aliphatic hydroxyl groups is 1. The topological polar surface area (TPSA) is 93.1 Å². The predicted molar refractivity (Wildman–Crippen MR) is 138 cm³/mol. The number of benzene rings is 1. The van der Waals surface area contributed by atoms with E-state index in [2.05, 4.69) is 29.7 Å². The van der Waals surface area contributed by atoms with Crippen molar-refractivity contribution in [3.8, 4) is 17.0 Å². The fourth-order valence-corrected chi connectivity index (χ4v) is 5.87. The van der Waals surface area contributed by atoms with Gasteiger partial charge in [-0.25, -0.2) is 4.98 Å². The third kappa shape index (κ3) is 4.15. The number of ether oxygens (including phenoxy) is 3. The van der Waals surface area contributed by atoms with E-state index >= 15 is 0 Å². The van der Waals surface area contributed by atoms with Gasteiger partial charge in [0.25, 0.3) is 0 Å². The van der Waals surface area contributed by atoms with Crippen molar-refractivity contribution in [2.24, 2.45) is 0 Å². The van der Waals surface area contributed by atoms with Gasteiger partial charge in [0.1, 0.15) is 11.6 Å². The molecule has 1 aromatic carbocycles. The lowest BCUT2D eigenvalue weighted by Gasteiger charge is -2.38. The number of pyridine rings is 1. The molecule has 5 heterocycles. The van der Waals surface area contributed by atoms with Crippen LogP contribution in [0.5, 0.6) is 5.75 Å². The predicted octanol–water partition coefficient (Wildman–Crippen LogP) is 3.17. The Kier molecular flexibility index (Phi) is 6.15. The van der Waals surface area contributed by atoms with E-state index in [0.717, 1.165) is 59.9 Å². The van der Waals surface area contributed by atoms with Crippen molar-refractivity contribution < 1.29 is 19.3 Å². The van der Waals surface area contributed by atoms with Crippen LogP contribution in [0.25, 0.3) is 22.3 Å². The molecule has 9 nitrogen and oxygen atoms in total. The summed E-state index contributed by atoms with van der Waals surface area (Å²) in [5.41, 5.74) is 3.10. The number of aliphatic hydroxyl groups excluding tert-OH is 1. The Balaban J connectivity index is 1.48. The Labute approximate surface area is 211 Å². The minimum atomic E-state index is -0.103. The molecular formula is C27H33N5O4. The minimum absolute atomic E-state index is 0.103. The third-order valence-electron chi connectivity index (χ3n) is 7.46. The number of rotatable bonds is 5. The first-order valence-corrected chi connectivity index (χ1v) is 12.8. The maximum Gasteiger partial charge on any atom is 0.230 e. The number of fused-ring (bicyclic) bond motifs is 3. The summed E-state index contributed by atoms with van der Waals surface area (Å²) in [4.78, 5) is 19.8. The van der Waals surface area contributed by atoms with Crippen molar-refractivity contribution in [3.05, 3.63) is 35.9 Å². The van der Waals surface area contributed by atoms with Gasteiger partial charge in [0.15, 0.2) is 5.65 Å². The molecule has 0 saturated carbocycles. The highest BCUT2D eigenvalue weighted by Gasteiger charge is 2.39. The lowest BCUT2D eigenvalue weighted by molar-refractivity contribution is -0.00537. The van der Waals surface area contributed by atoms with E-state index in [1.807, 2.05) is 24.3 Å². The lowest BCUT2D eigenvalue weighted by Crippen LogP contribution is -2.48. The van der Waals surface area contributed by atoms with Crippen LogP contribution in [-0.2, 0) is 16.1 Å². The molecule has 3 saturated heterocycles. The molecule has 0 radical (unpaired) electrons.